The summed E-state index contributed by atoms with van der Waals surface area (Å²) in [7, 11) is -2.40. The predicted molar refractivity (Wildman–Crippen MR) is 96.3 cm³/mol. The van der Waals surface area contributed by atoms with Gasteiger partial charge in [0.15, 0.2) is 0 Å². The Morgan fingerprint density at radius 3 is 2.58 bits per heavy atom. The average molecular weight is 382 g/mol. The first-order chi connectivity index (χ1) is 12.3. The Bertz CT molecular complexity index is 759. The van der Waals surface area contributed by atoms with Gasteiger partial charge in [-0.05, 0) is 37.0 Å². The normalized spacial score (nSPS) is 25.0. The zero-order valence-corrected chi connectivity index (χ0v) is 16.0. The van der Waals surface area contributed by atoms with E-state index >= 15 is 0 Å². The minimum atomic E-state index is -3.83. The smallest absolute Gasteiger partial charge is 0.253 e. The molecule has 2 aliphatic rings. The van der Waals surface area contributed by atoms with E-state index in [1.807, 2.05) is 0 Å². The number of rotatable bonds is 4. The van der Waals surface area contributed by atoms with Gasteiger partial charge in [-0.15, -0.1) is 0 Å². The van der Waals surface area contributed by atoms with Crippen molar-refractivity contribution < 1.29 is 23.1 Å². The maximum Gasteiger partial charge on any atom is 0.253 e. The number of aliphatic hydroxyl groups is 1. The number of aliphatic hydroxyl groups excluding tert-OH is 1. The second-order valence-corrected chi connectivity index (χ2v) is 9.19. The molecule has 7 nitrogen and oxygen atoms in total. The second-order valence-electron chi connectivity index (χ2n) is 7.20. The van der Waals surface area contributed by atoms with Gasteiger partial charge in [0.05, 0.1) is 30.3 Å². The molecule has 1 aromatic rings. The molecule has 0 unspecified atom stereocenters. The van der Waals surface area contributed by atoms with Crippen LogP contribution in [0.25, 0.3) is 0 Å². The Morgan fingerprint density at radius 1 is 1.27 bits per heavy atom. The number of carbonyl (C=O) groups is 1. The molecule has 0 radical (unpaired) electrons. The number of hydrogen-bond acceptors (Lipinski definition) is 5. The molecular formula is C18H26N2O5S. The van der Waals surface area contributed by atoms with Gasteiger partial charge in [0.2, 0.25) is 10.0 Å². The summed E-state index contributed by atoms with van der Waals surface area (Å²) in [5.41, 5.74) is 0.372. The van der Waals surface area contributed by atoms with Crippen LogP contribution in [0, 0.1) is 5.92 Å². The summed E-state index contributed by atoms with van der Waals surface area (Å²) >= 11 is 0. The van der Waals surface area contributed by atoms with Crippen molar-refractivity contribution in [1.82, 2.24) is 9.21 Å². The molecule has 2 fully saturated rings. The molecule has 0 aliphatic carbocycles. The van der Waals surface area contributed by atoms with Gasteiger partial charge in [-0.1, -0.05) is 13.0 Å². The lowest BCUT2D eigenvalue weighted by atomic mass is 9.98. The summed E-state index contributed by atoms with van der Waals surface area (Å²) in [6, 6.07) is 5.51. The van der Waals surface area contributed by atoms with Gasteiger partial charge in [0.25, 0.3) is 5.91 Å². The third-order valence-electron chi connectivity index (χ3n) is 5.32. The Kier molecular flexibility index (Phi) is 5.67. The standard InChI is InChI=1S/C18H26N2O5S/c1-13-6-8-20(9-7-13)18(22)14-4-3-5-15(10-14)26(23,24)19(2)16-11-25-12-17(16)21/h3-5,10,13,16-17,21H,6-9,11-12H2,1-2H3/t16-,17-/m1/s1. The predicted octanol–water partition coefficient (Wildman–Crippen LogP) is 0.939. The van der Waals surface area contributed by atoms with Gasteiger partial charge in [-0.25, -0.2) is 8.42 Å². The van der Waals surface area contributed by atoms with E-state index in [0.29, 0.717) is 24.6 Å². The van der Waals surface area contributed by atoms with Crippen LogP contribution in [0.1, 0.15) is 30.1 Å². The first-order valence-corrected chi connectivity index (χ1v) is 10.4. The fraction of sp³-hybridized carbons (Fsp3) is 0.611. The summed E-state index contributed by atoms with van der Waals surface area (Å²) in [4.78, 5) is 14.6. The Morgan fingerprint density at radius 2 is 1.96 bits per heavy atom. The number of hydrogen-bond donors (Lipinski definition) is 1. The lowest BCUT2D eigenvalue weighted by Gasteiger charge is -2.30. The van der Waals surface area contributed by atoms with E-state index in [4.69, 9.17) is 4.74 Å². The highest BCUT2D eigenvalue weighted by Gasteiger charge is 2.37. The lowest BCUT2D eigenvalue weighted by molar-refractivity contribution is 0.0697. The molecule has 8 heteroatoms. The van der Waals surface area contributed by atoms with Crippen molar-refractivity contribution in [3.8, 4) is 0 Å². The van der Waals surface area contributed by atoms with Crippen LogP contribution in [-0.2, 0) is 14.8 Å². The maximum absolute atomic E-state index is 12.9. The van der Waals surface area contributed by atoms with E-state index in [1.165, 1.54) is 19.2 Å². The van der Waals surface area contributed by atoms with E-state index in [1.54, 1.807) is 17.0 Å². The van der Waals surface area contributed by atoms with Gasteiger partial charge >= 0.3 is 0 Å². The topological polar surface area (TPSA) is 87.2 Å². The van der Waals surface area contributed by atoms with Crippen LogP contribution in [0.5, 0.6) is 0 Å². The van der Waals surface area contributed by atoms with Crippen LogP contribution < -0.4 is 0 Å². The van der Waals surface area contributed by atoms with Crippen molar-refractivity contribution in [3.63, 3.8) is 0 Å². The van der Waals surface area contributed by atoms with Gasteiger partial charge < -0.3 is 14.7 Å². The molecule has 0 bridgehead atoms. The van der Waals surface area contributed by atoms with Gasteiger partial charge in [-0.2, -0.15) is 4.31 Å². The zero-order chi connectivity index (χ0) is 18.9. The first kappa shape index (κ1) is 19.3. The average Bonchev–Trinajstić information content (AvgIpc) is 3.07. The molecule has 1 aromatic carbocycles. The molecule has 2 aliphatic heterocycles. The zero-order valence-electron chi connectivity index (χ0n) is 15.2. The lowest BCUT2D eigenvalue weighted by Crippen LogP contribution is -2.44. The van der Waals surface area contributed by atoms with Crippen LogP contribution in [0.2, 0.25) is 0 Å². The van der Waals surface area contributed by atoms with Crippen LogP contribution in [0.4, 0.5) is 0 Å². The van der Waals surface area contributed by atoms with E-state index in [-0.39, 0.29) is 24.0 Å². The van der Waals surface area contributed by atoms with E-state index < -0.39 is 22.2 Å². The summed E-state index contributed by atoms with van der Waals surface area (Å²) in [6.45, 7) is 3.84. The van der Waals surface area contributed by atoms with Crippen molar-refractivity contribution in [2.24, 2.45) is 5.92 Å². The quantitative estimate of drug-likeness (QED) is 0.837. The highest BCUT2D eigenvalue weighted by molar-refractivity contribution is 7.89. The van der Waals surface area contributed by atoms with Crippen molar-refractivity contribution >= 4 is 15.9 Å². The summed E-state index contributed by atoms with van der Waals surface area (Å²) < 4.78 is 32.1. The number of likely N-dealkylation sites (N-methyl/N-ethyl adjacent to an activating group) is 1. The molecule has 3 rings (SSSR count). The number of piperidine rings is 1. The van der Waals surface area contributed by atoms with Crippen LogP contribution >= 0.6 is 0 Å². The van der Waals surface area contributed by atoms with Crippen LogP contribution in [0.3, 0.4) is 0 Å². The number of likely N-dealkylation sites (tertiary alicyclic amines) is 1. The van der Waals surface area contributed by atoms with Crippen molar-refractivity contribution in [1.29, 1.82) is 0 Å². The largest absolute Gasteiger partial charge is 0.389 e. The summed E-state index contributed by atoms with van der Waals surface area (Å²) in [5.74, 6) is 0.473. The third kappa shape index (κ3) is 3.78. The Balaban J connectivity index is 1.81. The fourth-order valence-corrected chi connectivity index (χ4v) is 4.82. The maximum atomic E-state index is 12.9. The Labute approximate surface area is 154 Å². The molecule has 1 N–H and O–H groups in total. The number of nitrogens with zero attached hydrogens (tertiary/aromatic N) is 2. The Hall–Kier alpha value is -1.48. The fourth-order valence-electron chi connectivity index (χ4n) is 3.41. The van der Waals surface area contributed by atoms with E-state index in [2.05, 4.69) is 6.92 Å². The number of benzene rings is 1. The molecule has 144 valence electrons. The number of sulfonamides is 1. The van der Waals surface area contributed by atoms with Gasteiger partial charge in [0.1, 0.15) is 0 Å². The van der Waals surface area contributed by atoms with Crippen LogP contribution in [-0.4, -0.2) is 74.1 Å². The van der Waals surface area contributed by atoms with Gasteiger partial charge in [0, 0.05) is 25.7 Å². The molecule has 0 saturated carbocycles. The van der Waals surface area contributed by atoms with E-state index in [0.717, 1.165) is 17.1 Å². The number of amides is 1. The highest BCUT2D eigenvalue weighted by atomic mass is 32.2. The van der Waals surface area contributed by atoms with Crippen molar-refractivity contribution in [2.75, 3.05) is 33.4 Å². The molecule has 2 atom stereocenters. The van der Waals surface area contributed by atoms with Crippen molar-refractivity contribution in [3.05, 3.63) is 29.8 Å². The van der Waals surface area contributed by atoms with Crippen LogP contribution in [0.15, 0.2) is 29.2 Å². The molecule has 2 heterocycles. The minimum absolute atomic E-state index is 0.0512. The third-order valence-corrected chi connectivity index (χ3v) is 7.20. The minimum Gasteiger partial charge on any atom is -0.389 e. The second kappa shape index (κ2) is 7.64. The SMILES string of the molecule is CC1CCN(C(=O)c2cccc(S(=O)(=O)N(C)[C@@H]3COC[C@H]3O)c2)CC1. The summed E-state index contributed by atoms with van der Waals surface area (Å²) in [6.07, 6.45) is 1.08. The monoisotopic (exact) mass is 382 g/mol. The molecule has 1 amide bonds. The highest BCUT2D eigenvalue weighted by Crippen LogP contribution is 2.23. The van der Waals surface area contributed by atoms with Gasteiger partial charge in [-0.3, -0.25) is 4.79 Å². The van der Waals surface area contributed by atoms with Crippen molar-refractivity contribution in [2.45, 2.75) is 36.8 Å². The molecule has 0 aromatic heterocycles. The van der Waals surface area contributed by atoms with E-state index in [9.17, 15) is 18.3 Å². The summed E-state index contributed by atoms with van der Waals surface area (Å²) in [5, 5.41) is 9.91. The molecule has 0 spiro atoms. The molecular weight excluding hydrogens is 356 g/mol. The molecule has 2 saturated heterocycles. The first-order valence-electron chi connectivity index (χ1n) is 8.94. The number of ether oxygens (including phenoxy) is 1. The molecule has 26 heavy (non-hydrogen) atoms. The number of carbonyl (C=O) groups excluding carboxylic acids is 1.